The van der Waals surface area contributed by atoms with E-state index in [0.717, 1.165) is 0 Å². The molecule has 0 nitrogen and oxygen atoms in total. The molecule has 3 rings (SSSR count). The molecule has 0 amide bonds. The fourth-order valence-electron chi connectivity index (χ4n) is 2.11. The molecule has 58 valence electrons. The van der Waals surface area contributed by atoms with E-state index in [0.29, 0.717) is 0 Å². The van der Waals surface area contributed by atoms with Crippen molar-refractivity contribution in [3.63, 3.8) is 0 Å². The number of hydrogen-bond acceptors (Lipinski definition) is 0. The summed E-state index contributed by atoms with van der Waals surface area (Å²) < 4.78 is 0. The average Bonchev–Trinajstić information content (AvgIpc) is 2.14. The van der Waals surface area contributed by atoms with Gasteiger partial charge in [0.15, 0.2) is 0 Å². The smallest absolute Gasteiger partial charge is 0.0106 e. The Morgan fingerprint density at radius 3 is 2.75 bits per heavy atom. The van der Waals surface area contributed by atoms with Gasteiger partial charge in [-0.25, -0.2) is 0 Å². The average molecular weight is 154 g/mol. The van der Waals surface area contributed by atoms with Gasteiger partial charge in [0.1, 0.15) is 0 Å². The summed E-state index contributed by atoms with van der Waals surface area (Å²) in [6, 6.07) is 8.68. The first kappa shape index (κ1) is 6.24. The van der Waals surface area contributed by atoms with Crippen LogP contribution in [-0.2, 0) is 0 Å². The summed E-state index contributed by atoms with van der Waals surface area (Å²) in [4.78, 5) is 0. The van der Waals surface area contributed by atoms with Gasteiger partial charge in [-0.05, 0) is 35.1 Å². The Morgan fingerprint density at radius 1 is 1.00 bits per heavy atom. The molecule has 12 heavy (non-hydrogen) atoms. The van der Waals surface area contributed by atoms with E-state index >= 15 is 0 Å². The summed E-state index contributed by atoms with van der Waals surface area (Å²) in [5, 5.41) is 0. The molecular weight excluding hydrogens is 144 g/mol. The van der Waals surface area contributed by atoms with Crippen molar-refractivity contribution in [2.45, 2.75) is 12.8 Å². The van der Waals surface area contributed by atoms with Crippen molar-refractivity contribution < 1.29 is 0 Å². The van der Waals surface area contributed by atoms with Crippen LogP contribution >= 0.6 is 0 Å². The second kappa shape index (κ2) is 2.10. The normalized spacial score (nSPS) is 18.3. The van der Waals surface area contributed by atoms with Gasteiger partial charge in [-0.3, -0.25) is 0 Å². The molecular formula is C12H10. The van der Waals surface area contributed by atoms with Gasteiger partial charge in [0.05, 0.1) is 0 Å². The first-order chi connectivity index (χ1) is 5.97. The van der Waals surface area contributed by atoms with Crippen LogP contribution in [0.1, 0.15) is 24.0 Å². The lowest BCUT2D eigenvalue weighted by molar-refractivity contribution is 1.04. The maximum Gasteiger partial charge on any atom is -0.0106 e. The molecule has 0 aromatic heterocycles. The molecule has 0 unspecified atom stereocenters. The number of fused-ring (bicyclic) bond motifs is 3. The van der Waals surface area contributed by atoms with Gasteiger partial charge < -0.3 is 0 Å². The topological polar surface area (TPSA) is 0 Å². The second-order valence-electron chi connectivity index (χ2n) is 3.38. The van der Waals surface area contributed by atoms with Crippen molar-refractivity contribution in [3.05, 3.63) is 47.5 Å². The lowest BCUT2D eigenvalue weighted by Crippen LogP contribution is -2.06. The van der Waals surface area contributed by atoms with Gasteiger partial charge in [0.25, 0.3) is 0 Å². The van der Waals surface area contributed by atoms with Crippen LogP contribution in [0.3, 0.4) is 0 Å². The molecule has 0 N–H and O–H groups in total. The molecule has 0 spiro atoms. The van der Waals surface area contributed by atoms with Crippen LogP contribution in [-0.4, -0.2) is 0 Å². The van der Waals surface area contributed by atoms with Gasteiger partial charge >= 0.3 is 0 Å². The van der Waals surface area contributed by atoms with Gasteiger partial charge in [0, 0.05) is 0 Å². The van der Waals surface area contributed by atoms with Crippen LogP contribution in [0.5, 0.6) is 0 Å². The van der Waals surface area contributed by atoms with Crippen molar-refractivity contribution in [3.8, 4) is 0 Å². The van der Waals surface area contributed by atoms with Gasteiger partial charge in [-0.15, -0.1) is 0 Å². The Bertz CT molecular complexity index is 394. The van der Waals surface area contributed by atoms with Crippen molar-refractivity contribution in [1.82, 2.24) is 0 Å². The zero-order valence-corrected chi connectivity index (χ0v) is 6.88. The fourth-order valence-corrected chi connectivity index (χ4v) is 2.11. The minimum atomic E-state index is 1.22. The Morgan fingerprint density at radius 2 is 1.83 bits per heavy atom. The molecule has 0 heteroatoms. The summed E-state index contributed by atoms with van der Waals surface area (Å²) in [7, 11) is 0. The van der Waals surface area contributed by atoms with E-state index in [-0.39, 0.29) is 0 Å². The highest BCUT2D eigenvalue weighted by molar-refractivity contribution is 6.08. The third-order valence-electron chi connectivity index (χ3n) is 2.71. The highest BCUT2D eigenvalue weighted by Crippen LogP contribution is 2.45. The van der Waals surface area contributed by atoms with Crippen molar-refractivity contribution in [1.29, 1.82) is 0 Å². The zero-order chi connectivity index (χ0) is 7.97. The van der Waals surface area contributed by atoms with Crippen LogP contribution in [0.15, 0.2) is 36.4 Å². The Kier molecular flexibility index (Phi) is 1.09. The maximum atomic E-state index is 2.27. The molecule has 0 radical (unpaired) electrons. The van der Waals surface area contributed by atoms with E-state index in [9.17, 15) is 0 Å². The van der Waals surface area contributed by atoms with Crippen molar-refractivity contribution >= 4 is 11.1 Å². The minimum absolute atomic E-state index is 1.22. The second-order valence-corrected chi connectivity index (χ2v) is 3.38. The Hall–Kier alpha value is -1.30. The van der Waals surface area contributed by atoms with E-state index in [2.05, 4.69) is 36.4 Å². The summed E-state index contributed by atoms with van der Waals surface area (Å²) in [6.07, 6.45) is 6.99. The SMILES string of the molecule is C1=CC2=C(CC1)c1ccccc12. The molecule has 2 aliphatic rings. The molecule has 0 fully saturated rings. The van der Waals surface area contributed by atoms with Crippen molar-refractivity contribution in [2.24, 2.45) is 0 Å². The highest BCUT2D eigenvalue weighted by Gasteiger charge is 2.23. The maximum absolute atomic E-state index is 2.27. The quantitative estimate of drug-likeness (QED) is 0.538. The summed E-state index contributed by atoms with van der Waals surface area (Å²) in [5.74, 6) is 0. The third-order valence-corrected chi connectivity index (χ3v) is 2.71. The summed E-state index contributed by atoms with van der Waals surface area (Å²) in [6.45, 7) is 0. The molecule has 0 saturated heterocycles. The predicted octanol–water partition coefficient (Wildman–Crippen LogP) is 3.26. The van der Waals surface area contributed by atoms with Crippen LogP contribution in [0.25, 0.3) is 11.1 Å². The predicted molar refractivity (Wildman–Crippen MR) is 51.6 cm³/mol. The van der Waals surface area contributed by atoms with Crippen LogP contribution in [0.4, 0.5) is 0 Å². The monoisotopic (exact) mass is 154 g/mol. The molecule has 0 aliphatic heterocycles. The molecule has 1 aromatic rings. The molecule has 0 atom stereocenters. The molecule has 0 saturated carbocycles. The number of allylic oxidation sites excluding steroid dienone is 4. The molecule has 1 aromatic carbocycles. The highest BCUT2D eigenvalue weighted by atomic mass is 14.3. The van der Waals surface area contributed by atoms with E-state index in [1.807, 2.05) is 0 Å². The van der Waals surface area contributed by atoms with Crippen LogP contribution in [0.2, 0.25) is 0 Å². The Labute approximate surface area is 72.2 Å². The number of benzene rings is 1. The zero-order valence-electron chi connectivity index (χ0n) is 6.88. The van der Waals surface area contributed by atoms with E-state index < -0.39 is 0 Å². The largest absolute Gasteiger partial charge is 0.0836 e. The van der Waals surface area contributed by atoms with Gasteiger partial charge in [-0.2, -0.15) is 0 Å². The minimum Gasteiger partial charge on any atom is -0.0836 e. The van der Waals surface area contributed by atoms with E-state index in [4.69, 9.17) is 0 Å². The first-order valence-electron chi connectivity index (χ1n) is 4.46. The van der Waals surface area contributed by atoms with Gasteiger partial charge in [-0.1, -0.05) is 36.4 Å². The fraction of sp³-hybridized carbons (Fsp3) is 0.167. The number of rotatable bonds is 0. The molecule has 2 aliphatic carbocycles. The number of hydrogen-bond donors (Lipinski definition) is 0. The molecule has 0 bridgehead atoms. The Balaban J connectivity index is 2.19. The molecule has 0 heterocycles. The standard InChI is InChI=1S/C12H10/c1-2-6-10-9(5-1)11-7-3-4-8-12(10)11/h1-3,5-7H,4,8H2. The third kappa shape index (κ3) is 0.626. The lowest BCUT2D eigenvalue weighted by Gasteiger charge is -2.28. The summed E-state index contributed by atoms with van der Waals surface area (Å²) in [5.41, 5.74) is 5.99. The van der Waals surface area contributed by atoms with Crippen molar-refractivity contribution in [2.75, 3.05) is 0 Å². The van der Waals surface area contributed by atoms with E-state index in [1.54, 1.807) is 5.57 Å². The van der Waals surface area contributed by atoms with Crippen LogP contribution < -0.4 is 0 Å². The summed E-state index contributed by atoms with van der Waals surface area (Å²) >= 11 is 0. The van der Waals surface area contributed by atoms with Crippen LogP contribution in [0, 0.1) is 0 Å². The first-order valence-corrected chi connectivity index (χ1v) is 4.46. The lowest BCUT2D eigenvalue weighted by atomic mass is 9.76. The van der Waals surface area contributed by atoms with Gasteiger partial charge in [0.2, 0.25) is 0 Å². The van der Waals surface area contributed by atoms with E-state index in [1.165, 1.54) is 29.5 Å².